The Bertz CT molecular complexity index is 2430. The second-order valence-corrected chi connectivity index (χ2v) is 24.2. The lowest BCUT2D eigenvalue weighted by Crippen LogP contribution is -2.64. The van der Waals surface area contributed by atoms with E-state index in [9.17, 15) is 48.6 Å². The number of halogens is 1. The smallest absolute Gasteiger partial charge is 0.410 e. The van der Waals surface area contributed by atoms with Crippen LogP contribution in [-0.4, -0.2) is 211 Å². The van der Waals surface area contributed by atoms with Crippen LogP contribution in [-0.2, 0) is 57.1 Å². The molecular formula is C57H85ClN6O17S. The summed E-state index contributed by atoms with van der Waals surface area (Å²) in [7, 11) is 7.67. The number of fused-ring (bicyclic) bond motifs is 5. The number of amides is 7. The number of likely N-dealkylation sites (N-methyl/N-ethyl adjacent to an activating group) is 3. The minimum Gasteiger partial charge on any atom is -0.496 e. The van der Waals surface area contributed by atoms with Gasteiger partial charge < -0.3 is 63.4 Å². The first-order chi connectivity index (χ1) is 38.9. The van der Waals surface area contributed by atoms with E-state index in [4.69, 9.17) is 44.8 Å². The lowest BCUT2D eigenvalue weighted by molar-refractivity contribution is -0.162. The van der Waals surface area contributed by atoms with Gasteiger partial charge in [0, 0.05) is 103 Å². The summed E-state index contributed by atoms with van der Waals surface area (Å²) in [5, 5.41) is 29.2. The van der Waals surface area contributed by atoms with E-state index in [0.29, 0.717) is 55.7 Å². The van der Waals surface area contributed by atoms with Crippen molar-refractivity contribution in [2.45, 2.75) is 171 Å². The summed E-state index contributed by atoms with van der Waals surface area (Å²) in [5.41, 5.74) is -1.81. The molecule has 2 saturated heterocycles. The van der Waals surface area contributed by atoms with E-state index in [1.165, 1.54) is 47.9 Å². The molecule has 3 aliphatic carbocycles. The molecule has 13 atom stereocenters. The highest BCUT2D eigenvalue weighted by atomic mass is 35.5. The van der Waals surface area contributed by atoms with Crippen molar-refractivity contribution < 1.29 is 81.7 Å². The minimum atomic E-state index is -1.74. The van der Waals surface area contributed by atoms with Crippen molar-refractivity contribution in [2.75, 3.05) is 73.9 Å². The highest BCUT2D eigenvalue weighted by Gasteiger charge is 2.64. The molecule has 3 fully saturated rings. The van der Waals surface area contributed by atoms with Crippen LogP contribution in [0.3, 0.4) is 0 Å². The average Bonchev–Trinajstić information content (AvgIpc) is 2.75. The van der Waals surface area contributed by atoms with Crippen LogP contribution >= 0.6 is 23.4 Å². The second kappa shape index (κ2) is 30.0. The predicted molar refractivity (Wildman–Crippen MR) is 301 cm³/mol. The fourth-order valence-electron chi connectivity index (χ4n) is 11.2. The van der Waals surface area contributed by atoms with Crippen LogP contribution in [0.1, 0.15) is 111 Å². The molecule has 1 saturated carbocycles. The van der Waals surface area contributed by atoms with Crippen LogP contribution in [0, 0.1) is 17.8 Å². The minimum absolute atomic E-state index is 0.000693. The number of thioether (sulfide) groups is 1. The van der Waals surface area contributed by atoms with Crippen molar-refractivity contribution in [1.82, 2.24) is 30.2 Å². The Balaban J connectivity index is 0.965. The number of hydrogen-bond donors (Lipinski definition) is 4. The van der Waals surface area contributed by atoms with Gasteiger partial charge in [-0.15, -0.1) is 0 Å². The van der Waals surface area contributed by atoms with E-state index in [0.717, 1.165) is 35.1 Å². The van der Waals surface area contributed by atoms with Gasteiger partial charge in [0.25, 0.3) is 17.1 Å². The van der Waals surface area contributed by atoms with E-state index in [1.807, 2.05) is 19.1 Å². The highest BCUT2D eigenvalue weighted by molar-refractivity contribution is 8.13. The first kappa shape index (κ1) is 65.9. The first-order valence-corrected chi connectivity index (χ1v) is 29.8. The number of ether oxygens (including phenoxy) is 7. The van der Waals surface area contributed by atoms with Gasteiger partial charge in [-0.2, -0.15) is 0 Å². The largest absolute Gasteiger partial charge is 0.496 e. The zero-order chi connectivity index (χ0) is 60.1. The molecule has 4 N–H and O–H groups in total. The van der Waals surface area contributed by atoms with Crippen molar-refractivity contribution >= 4 is 70.4 Å². The summed E-state index contributed by atoms with van der Waals surface area (Å²) >= 11 is 7.83. The molecule has 458 valence electrons. The maximum atomic E-state index is 14.1. The lowest BCUT2D eigenvalue weighted by atomic mass is 9.81. The average molecular weight is 1190 g/mol. The van der Waals surface area contributed by atoms with E-state index in [1.54, 1.807) is 34.2 Å². The molecule has 25 heteroatoms. The number of esters is 1. The molecule has 0 aromatic rings. The summed E-state index contributed by atoms with van der Waals surface area (Å²) in [6.45, 7) is 7.61. The van der Waals surface area contributed by atoms with Gasteiger partial charge in [-0.05, 0) is 83.3 Å². The molecule has 0 spiro atoms. The van der Waals surface area contributed by atoms with E-state index >= 15 is 0 Å². The second-order valence-electron chi connectivity index (χ2n) is 22.8. The molecule has 7 amide bonds. The Hall–Kier alpha value is -5.24. The summed E-state index contributed by atoms with van der Waals surface area (Å²) in [6.07, 6.45) is 7.32. The Morgan fingerprint density at radius 2 is 1.67 bits per heavy atom. The highest BCUT2D eigenvalue weighted by Crippen LogP contribution is 2.50. The van der Waals surface area contributed by atoms with Gasteiger partial charge in [0.1, 0.15) is 48.4 Å². The fourth-order valence-corrected chi connectivity index (χ4v) is 12.3. The molecule has 0 radical (unpaired) electrons. The zero-order valence-electron chi connectivity index (χ0n) is 48.8. The maximum absolute atomic E-state index is 14.1. The lowest BCUT2D eigenvalue weighted by Gasteiger charge is -2.43. The van der Waals surface area contributed by atoms with Crippen LogP contribution < -0.4 is 10.6 Å². The third-order valence-electron chi connectivity index (χ3n) is 16.5. The first-order valence-electron chi connectivity index (χ1n) is 28.4. The monoisotopic (exact) mass is 1190 g/mol. The summed E-state index contributed by atoms with van der Waals surface area (Å²) in [6, 6.07) is -1.09. The van der Waals surface area contributed by atoms with E-state index in [-0.39, 0.29) is 93.3 Å². The Kier molecular flexibility index (Phi) is 24.1. The van der Waals surface area contributed by atoms with Gasteiger partial charge in [0.2, 0.25) is 11.8 Å². The number of alkyl carbamates (subject to hydrolysis) is 1. The normalized spacial score (nSPS) is 31.4. The summed E-state index contributed by atoms with van der Waals surface area (Å²) < 4.78 is 41.4. The third-order valence-corrected chi connectivity index (χ3v) is 18.0. The number of aliphatic hydroxyl groups excluding tert-OH is 1. The number of epoxide rings is 1. The number of rotatable bonds is 18. The van der Waals surface area contributed by atoms with Gasteiger partial charge in [0.15, 0.2) is 5.72 Å². The number of hydrogen-bond acceptors (Lipinski definition) is 18. The molecule has 4 bridgehead atoms. The Labute approximate surface area is 490 Å². The Morgan fingerprint density at radius 1 is 0.963 bits per heavy atom. The van der Waals surface area contributed by atoms with Gasteiger partial charge in [-0.3, -0.25) is 34.2 Å². The predicted octanol–water partition coefficient (Wildman–Crippen LogP) is 5.30. The van der Waals surface area contributed by atoms with Crippen molar-refractivity contribution in [1.29, 1.82) is 0 Å². The molecule has 0 aromatic carbocycles. The summed E-state index contributed by atoms with van der Waals surface area (Å²) in [4.78, 5) is 108. The van der Waals surface area contributed by atoms with Gasteiger partial charge in [-0.25, -0.2) is 14.4 Å². The number of allylic oxidation sites excluding steroid dienone is 3. The van der Waals surface area contributed by atoms with E-state index in [2.05, 4.69) is 17.6 Å². The maximum Gasteiger partial charge on any atom is 0.410 e. The summed E-state index contributed by atoms with van der Waals surface area (Å²) in [5.74, 6) is -2.31. The van der Waals surface area contributed by atoms with Gasteiger partial charge >= 0.3 is 18.2 Å². The topological polar surface area (TPSA) is 282 Å². The van der Waals surface area contributed by atoms with Crippen LogP contribution in [0.25, 0.3) is 0 Å². The van der Waals surface area contributed by atoms with Crippen LogP contribution in [0.5, 0.6) is 0 Å². The number of imide groups is 1. The van der Waals surface area contributed by atoms with Crippen LogP contribution in [0.4, 0.5) is 14.4 Å². The standard InChI is InChI=1S/C57H85ClN6O17S/c1-34-13-10-18-44(76-9)57(74)32-43(79-53(71)60-57)35(2)51-56(4,81-51)45(31-39(65)30-38-28-37(27-34)29-42(75-8)50(38)58)80-52(70)36(3)63(7)47(67)21-26-82-55(73)62(6)25-24-61(5)54(72)78-41-16-11-14-40(15-12-17-41)77-33-46(66)59-22-23-64-48(68)19-20-49(64)69/h11,16,19-20,29,34-36,38-41,43-45,51,65,74H,10,12-15,17-18,21-28,30-33H2,1-9H3,(H,59,66)(H,60,71)/b16-11+/t34?,35-,36+,38?,39?,40?,41?,43+,44-,45+,51+,56+,57+/m1/s1. The van der Waals surface area contributed by atoms with Gasteiger partial charge in [0.05, 0.1) is 30.5 Å². The van der Waals surface area contributed by atoms with Crippen molar-refractivity contribution in [2.24, 2.45) is 17.8 Å². The quantitative estimate of drug-likeness (QED) is 0.0445. The third kappa shape index (κ3) is 17.9. The molecule has 0 aromatic heterocycles. The molecule has 3 aliphatic heterocycles. The number of carbonyl (C=O) groups is 8. The fraction of sp³-hybridized carbons (Fsp3) is 0.719. The SMILES string of the molecule is COC1=C(Cl)C2CC(=C1)CC(C)CCC[C@@H](OC)[C@@]1(O)C[C@H](OC(=O)N1)[C@@H](C)[C@@H]1O[C@@]1(C)[C@@H](OC(=O)[C@H](C)N(C)C(=O)CCSC(=O)N(C)CCN(C)C(=O)OC1/C=C/CC(OCC(=O)NCCN3C(=O)C=CC3=O)CCC1)CC(O)C2. The number of methoxy groups -OCH3 is 2. The molecular weight excluding hydrogens is 1110 g/mol. The van der Waals surface area contributed by atoms with Crippen molar-refractivity contribution in [3.8, 4) is 0 Å². The molecule has 5 unspecified atom stereocenters. The molecule has 23 nitrogen and oxygen atoms in total. The van der Waals surface area contributed by atoms with Crippen LogP contribution in [0.15, 0.2) is 46.7 Å². The number of carbonyl (C=O) groups excluding carboxylic acids is 8. The van der Waals surface area contributed by atoms with Crippen molar-refractivity contribution in [3.05, 3.63) is 46.7 Å². The molecule has 82 heavy (non-hydrogen) atoms. The number of nitrogens with zero attached hydrogens (tertiary/aromatic N) is 4. The van der Waals surface area contributed by atoms with Crippen LogP contribution in [0.2, 0.25) is 0 Å². The molecule has 3 heterocycles. The Morgan fingerprint density at radius 3 is 2.38 bits per heavy atom. The van der Waals surface area contributed by atoms with E-state index < -0.39 is 95.8 Å². The number of aliphatic hydroxyl groups is 2. The van der Waals surface area contributed by atoms with Crippen molar-refractivity contribution in [3.63, 3.8) is 0 Å². The van der Waals surface area contributed by atoms with Gasteiger partial charge in [-0.1, -0.05) is 61.7 Å². The number of nitrogens with one attached hydrogen (secondary N) is 2. The molecule has 6 rings (SSSR count). The zero-order valence-corrected chi connectivity index (χ0v) is 50.3. The molecule has 6 aliphatic rings.